The minimum atomic E-state index is -0.0129. The van der Waals surface area contributed by atoms with Crippen LogP contribution in [0.15, 0.2) is 0 Å². The van der Waals surface area contributed by atoms with Gasteiger partial charge in [-0.15, -0.1) is 12.4 Å². The molecule has 0 saturated heterocycles. The van der Waals surface area contributed by atoms with Gasteiger partial charge >= 0.3 is 0 Å². The normalized spacial score (nSPS) is 11.9. The summed E-state index contributed by atoms with van der Waals surface area (Å²) in [5.74, 6) is -0.0129. The van der Waals surface area contributed by atoms with Crippen molar-refractivity contribution < 1.29 is 4.79 Å². The zero-order valence-electron chi connectivity index (χ0n) is 11.0. The molecule has 0 bridgehead atoms. The summed E-state index contributed by atoms with van der Waals surface area (Å²) in [5.41, 5.74) is 7.89. The van der Waals surface area contributed by atoms with E-state index in [4.69, 9.17) is 5.73 Å². The Balaban J connectivity index is 0.00000256. The van der Waals surface area contributed by atoms with Gasteiger partial charge in [0.25, 0.3) is 5.91 Å². The van der Waals surface area contributed by atoms with Crippen LogP contribution in [0.3, 0.4) is 0 Å². The Hall–Kier alpha value is -1.07. The van der Waals surface area contributed by atoms with Crippen molar-refractivity contribution in [1.82, 2.24) is 14.7 Å². The third kappa shape index (κ3) is 2.98. The number of carbonyl (C=O) groups excluding carboxylic acids is 1. The molecule has 1 heterocycles. The summed E-state index contributed by atoms with van der Waals surface area (Å²) in [4.78, 5) is 13.9. The van der Waals surface area contributed by atoms with Crippen LogP contribution in [0.4, 0.5) is 0 Å². The number of hydrogen-bond donors (Lipinski definition) is 1. The molecular weight excluding hydrogens is 240 g/mol. The molecule has 1 atom stereocenters. The molecule has 98 valence electrons. The van der Waals surface area contributed by atoms with Gasteiger partial charge in [0.2, 0.25) is 0 Å². The molecule has 1 aromatic rings. The number of aromatic nitrogens is 2. The highest BCUT2D eigenvalue weighted by Gasteiger charge is 2.22. The van der Waals surface area contributed by atoms with Crippen molar-refractivity contribution in [1.29, 1.82) is 0 Å². The number of amides is 1. The maximum Gasteiger partial charge on any atom is 0.257 e. The van der Waals surface area contributed by atoms with Crippen LogP contribution < -0.4 is 5.73 Å². The standard InChI is InChI=1S/C11H20N4O.ClH/c1-7(6-12)14(4)11(16)10-8(2)13-15(5)9(10)3;/h7H,6,12H2,1-5H3;1H. The van der Waals surface area contributed by atoms with E-state index in [2.05, 4.69) is 5.10 Å². The molecule has 1 unspecified atom stereocenters. The van der Waals surface area contributed by atoms with Gasteiger partial charge in [0.1, 0.15) is 0 Å². The van der Waals surface area contributed by atoms with Crippen LogP contribution in [0, 0.1) is 13.8 Å². The third-order valence-electron chi connectivity index (χ3n) is 3.05. The summed E-state index contributed by atoms with van der Waals surface area (Å²) in [6.45, 7) is 6.13. The van der Waals surface area contributed by atoms with Gasteiger partial charge in [-0.1, -0.05) is 0 Å². The van der Waals surface area contributed by atoms with Gasteiger partial charge in [0, 0.05) is 32.4 Å². The van der Waals surface area contributed by atoms with Crippen molar-refractivity contribution in [3.05, 3.63) is 17.0 Å². The summed E-state index contributed by atoms with van der Waals surface area (Å²) in [5, 5.41) is 4.24. The van der Waals surface area contributed by atoms with Gasteiger partial charge in [0.15, 0.2) is 0 Å². The molecular formula is C11H21ClN4O. The molecule has 0 aliphatic carbocycles. The summed E-state index contributed by atoms with van der Waals surface area (Å²) in [6, 6.07) is 0.0338. The van der Waals surface area contributed by atoms with E-state index in [1.54, 1.807) is 16.6 Å². The van der Waals surface area contributed by atoms with E-state index >= 15 is 0 Å². The van der Waals surface area contributed by atoms with Crippen LogP contribution in [0.5, 0.6) is 0 Å². The molecule has 0 radical (unpaired) electrons. The molecule has 0 aliphatic rings. The molecule has 17 heavy (non-hydrogen) atoms. The minimum absolute atomic E-state index is 0. The Kier molecular flexibility index (Phi) is 5.64. The van der Waals surface area contributed by atoms with Gasteiger partial charge in [-0.3, -0.25) is 9.48 Å². The lowest BCUT2D eigenvalue weighted by Gasteiger charge is -2.23. The van der Waals surface area contributed by atoms with Crippen molar-refractivity contribution in [2.45, 2.75) is 26.8 Å². The van der Waals surface area contributed by atoms with Crippen molar-refractivity contribution in [2.24, 2.45) is 12.8 Å². The van der Waals surface area contributed by atoms with Gasteiger partial charge in [-0.2, -0.15) is 5.10 Å². The topological polar surface area (TPSA) is 64.2 Å². The number of rotatable bonds is 3. The van der Waals surface area contributed by atoms with Gasteiger partial charge in [0.05, 0.1) is 11.3 Å². The zero-order chi connectivity index (χ0) is 12.5. The number of nitrogens with zero attached hydrogens (tertiary/aromatic N) is 3. The first-order chi connectivity index (χ1) is 7.40. The fraction of sp³-hybridized carbons (Fsp3) is 0.636. The first-order valence-electron chi connectivity index (χ1n) is 5.37. The number of carbonyl (C=O) groups is 1. The number of hydrogen-bond acceptors (Lipinski definition) is 3. The Morgan fingerprint density at radius 3 is 2.41 bits per heavy atom. The second-order valence-electron chi connectivity index (χ2n) is 4.17. The summed E-state index contributed by atoms with van der Waals surface area (Å²) in [6.07, 6.45) is 0. The van der Waals surface area contributed by atoms with Crippen LogP contribution in [-0.4, -0.2) is 40.2 Å². The van der Waals surface area contributed by atoms with E-state index in [9.17, 15) is 4.79 Å². The van der Waals surface area contributed by atoms with E-state index in [-0.39, 0.29) is 24.4 Å². The number of halogens is 1. The van der Waals surface area contributed by atoms with E-state index in [0.29, 0.717) is 12.1 Å². The fourth-order valence-electron chi connectivity index (χ4n) is 1.62. The molecule has 1 aromatic heterocycles. The molecule has 1 rings (SSSR count). The van der Waals surface area contributed by atoms with E-state index in [1.165, 1.54) is 0 Å². The number of likely N-dealkylation sites (N-methyl/N-ethyl adjacent to an activating group) is 1. The molecule has 0 fully saturated rings. The quantitative estimate of drug-likeness (QED) is 0.878. The Bertz CT molecular complexity index is 402. The average molecular weight is 261 g/mol. The highest BCUT2D eigenvalue weighted by atomic mass is 35.5. The molecule has 0 saturated carbocycles. The zero-order valence-corrected chi connectivity index (χ0v) is 11.8. The highest BCUT2D eigenvalue weighted by Crippen LogP contribution is 2.15. The van der Waals surface area contributed by atoms with Gasteiger partial charge < -0.3 is 10.6 Å². The Morgan fingerprint density at radius 2 is 2.06 bits per heavy atom. The van der Waals surface area contributed by atoms with Crippen LogP contribution in [-0.2, 0) is 7.05 Å². The van der Waals surface area contributed by atoms with E-state index in [1.807, 2.05) is 27.8 Å². The third-order valence-corrected chi connectivity index (χ3v) is 3.05. The largest absolute Gasteiger partial charge is 0.338 e. The van der Waals surface area contributed by atoms with Crippen molar-refractivity contribution in [3.8, 4) is 0 Å². The predicted octanol–water partition coefficient (Wildman–Crippen LogP) is 0.878. The highest BCUT2D eigenvalue weighted by molar-refractivity contribution is 5.96. The average Bonchev–Trinajstić information content (AvgIpc) is 2.50. The van der Waals surface area contributed by atoms with Crippen LogP contribution in [0.25, 0.3) is 0 Å². The molecule has 0 aliphatic heterocycles. The first-order valence-corrected chi connectivity index (χ1v) is 5.37. The van der Waals surface area contributed by atoms with Crippen LogP contribution >= 0.6 is 12.4 Å². The first kappa shape index (κ1) is 15.9. The monoisotopic (exact) mass is 260 g/mol. The SMILES string of the molecule is Cc1nn(C)c(C)c1C(=O)N(C)C(C)CN.Cl. The van der Waals surface area contributed by atoms with Crippen LogP contribution in [0.1, 0.15) is 28.7 Å². The second-order valence-corrected chi connectivity index (χ2v) is 4.17. The summed E-state index contributed by atoms with van der Waals surface area (Å²) < 4.78 is 1.73. The maximum absolute atomic E-state index is 12.2. The maximum atomic E-state index is 12.2. The fourth-order valence-corrected chi connectivity index (χ4v) is 1.62. The van der Waals surface area contributed by atoms with Gasteiger partial charge in [-0.05, 0) is 20.8 Å². The lowest BCUT2D eigenvalue weighted by atomic mass is 10.1. The molecule has 5 nitrogen and oxygen atoms in total. The lowest BCUT2D eigenvalue weighted by Crippen LogP contribution is -2.40. The Labute approximate surface area is 108 Å². The number of nitrogens with two attached hydrogens (primary N) is 1. The van der Waals surface area contributed by atoms with Crippen LogP contribution in [0.2, 0.25) is 0 Å². The lowest BCUT2D eigenvalue weighted by molar-refractivity contribution is 0.0747. The number of aryl methyl sites for hydroxylation is 2. The minimum Gasteiger partial charge on any atom is -0.338 e. The summed E-state index contributed by atoms with van der Waals surface area (Å²) in [7, 11) is 3.61. The van der Waals surface area contributed by atoms with Crippen molar-refractivity contribution in [2.75, 3.05) is 13.6 Å². The molecule has 6 heteroatoms. The molecule has 1 amide bonds. The Morgan fingerprint density at radius 1 is 1.53 bits per heavy atom. The summed E-state index contributed by atoms with van der Waals surface area (Å²) >= 11 is 0. The smallest absolute Gasteiger partial charge is 0.257 e. The predicted molar refractivity (Wildman–Crippen MR) is 70.5 cm³/mol. The van der Waals surface area contributed by atoms with Crippen molar-refractivity contribution in [3.63, 3.8) is 0 Å². The molecule has 0 aromatic carbocycles. The van der Waals surface area contributed by atoms with E-state index < -0.39 is 0 Å². The van der Waals surface area contributed by atoms with Gasteiger partial charge in [-0.25, -0.2) is 0 Å². The molecule has 2 N–H and O–H groups in total. The molecule has 0 spiro atoms. The second kappa shape index (κ2) is 6.02. The van der Waals surface area contributed by atoms with E-state index in [0.717, 1.165) is 11.4 Å². The van der Waals surface area contributed by atoms with Crippen molar-refractivity contribution >= 4 is 18.3 Å².